The lowest BCUT2D eigenvalue weighted by Crippen LogP contribution is -2.42. The molecule has 18 heavy (non-hydrogen) atoms. The van der Waals surface area contributed by atoms with Gasteiger partial charge in [-0.25, -0.2) is 0 Å². The summed E-state index contributed by atoms with van der Waals surface area (Å²) >= 11 is 5.99. The van der Waals surface area contributed by atoms with Gasteiger partial charge in [0.05, 0.1) is 0 Å². The minimum atomic E-state index is -0.128. The van der Waals surface area contributed by atoms with Crippen LogP contribution in [0.2, 0.25) is 5.02 Å². The van der Waals surface area contributed by atoms with Crippen LogP contribution in [0.4, 0.5) is 0 Å². The molecule has 1 atom stereocenters. The summed E-state index contributed by atoms with van der Waals surface area (Å²) in [5.74, 6) is 0.286. The molecule has 0 aliphatic rings. The Morgan fingerprint density at radius 1 is 1.39 bits per heavy atom. The number of benzene rings is 1. The lowest BCUT2D eigenvalue weighted by atomic mass is 9.94. The van der Waals surface area contributed by atoms with Gasteiger partial charge in [0.1, 0.15) is 5.75 Å². The Labute approximate surface area is 114 Å². The van der Waals surface area contributed by atoms with Crippen molar-refractivity contribution >= 4 is 11.6 Å². The second-order valence-corrected chi connectivity index (χ2v) is 5.41. The van der Waals surface area contributed by atoms with E-state index in [4.69, 9.17) is 16.7 Å². The molecule has 0 radical (unpaired) electrons. The van der Waals surface area contributed by atoms with Crippen LogP contribution in [0.1, 0.15) is 37.8 Å². The number of aliphatic hydroxyl groups is 1. The van der Waals surface area contributed by atoms with Gasteiger partial charge in [-0.05, 0) is 44.4 Å². The largest absolute Gasteiger partial charge is 0.507 e. The molecule has 0 spiro atoms. The molecule has 3 nitrogen and oxygen atoms in total. The molecule has 0 aliphatic carbocycles. The number of phenols is 1. The maximum atomic E-state index is 9.97. The molecule has 0 saturated carbocycles. The number of nitrogens with one attached hydrogen (secondary N) is 1. The Kier molecular flexibility index (Phi) is 5.45. The van der Waals surface area contributed by atoms with Gasteiger partial charge in [0, 0.05) is 29.3 Å². The highest BCUT2D eigenvalue weighted by Crippen LogP contribution is 2.27. The predicted octanol–water partition coefficient (Wildman–Crippen LogP) is 2.99. The van der Waals surface area contributed by atoms with Crippen molar-refractivity contribution in [2.24, 2.45) is 0 Å². The molecule has 0 bridgehead atoms. The molecule has 0 saturated heterocycles. The van der Waals surface area contributed by atoms with E-state index in [0.29, 0.717) is 18.0 Å². The third-order valence-corrected chi connectivity index (χ3v) is 3.71. The van der Waals surface area contributed by atoms with Crippen LogP contribution in [0.5, 0.6) is 5.75 Å². The molecule has 0 aromatic heterocycles. The molecule has 0 heterocycles. The first-order valence-corrected chi connectivity index (χ1v) is 6.63. The van der Waals surface area contributed by atoms with Crippen molar-refractivity contribution in [1.29, 1.82) is 0 Å². The van der Waals surface area contributed by atoms with E-state index in [0.717, 1.165) is 17.5 Å². The SMILES string of the molecule is CCC(C)(CCO)NCc1cc(Cl)cc(C)c1O. The molecular weight excluding hydrogens is 250 g/mol. The minimum Gasteiger partial charge on any atom is -0.507 e. The lowest BCUT2D eigenvalue weighted by molar-refractivity contribution is 0.214. The third kappa shape index (κ3) is 3.87. The van der Waals surface area contributed by atoms with Crippen LogP contribution in [0.25, 0.3) is 0 Å². The van der Waals surface area contributed by atoms with E-state index in [1.807, 2.05) is 6.92 Å². The van der Waals surface area contributed by atoms with Crippen LogP contribution in [0, 0.1) is 6.92 Å². The van der Waals surface area contributed by atoms with Crippen molar-refractivity contribution in [3.05, 3.63) is 28.3 Å². The van der Waals surface area contributed by atoms with Crippen molar-refractivity contribution in [1.82, 2.24) is 5.32 Å². The predicted molar refractivity (Wildman–Crippen MR) is 75.1 cm³/mol. The fourth-order valence-corrected chi connectivity index (χ4v) is 2.18. The molecular formula is C14H22ClNO2. The summed E-state index contributed by atoms with van der Waals surface area (Å²) in [5.41, 5.74) is 1.44. The highest BCUT2D eigenvalue weighted by atomic mass is 35.5. The van der Waals surface area contributed by atoms with Crippen molar-refractivity contribution < 1.29 is 10.2 Å². The Bertz CT molecular complexity index is 409. The van der Waals surface area contributed by atoms with Gasteiger partial charge in [-0.1, -0.05) is 18.5 Å². The van der Waals surface area contributed by atoms with Crippen LogP contribution < -0.4 is 5.32 Å². The lowest BCUT2D eigenvalue weighted by Gasteiger charge is -2.29. The number of aliphatic hydroxyl groups excluding tert-OH is 1. The molecule has 3 N–H and O–H groups in total. The van der Waals surface area contributed by atoms with E-state index >= 15 is 0 Å². The van der Waals surface area contributed by atoms with E-state index in [2.05, 4.69) is 19.2 Å². The van der Waals surface area contributed by atoms with E-state index in [1.165, 1.54) is 0 Å². The Balaban J connectivity index is 2.79. The zero-order chi connectivity index (χ0) is 13.8. The van der Waals surface area contributed by atoms with E-state index in [9.17, 15) is 5.11 Å². The van der Waals surface area contributed by atoms with Crippen molar-refractivity contribution in [3.63, 3.8) is 0 Å². The standard InChI is InChI=1S/C14H22ClNO2/c1-4-14(3,5-6-17)16-9-11-8-12(15)7-10(2)13(11)18/h7-8,16-18H,4-6,9H2,1-3H3. The Morgan fingerprint density at radius 3 is 2.61 bits per heavy atom. The average Bonchev–Trinajstić information content (AvgIpc) is 2.32. The highest BCUT2D eigenvalue weighted by molar-refractivity contribution is 6.30. The van der Waals surface area contributed by atoms with Crippen molar-refractivity contribution in [3.8, 4) is 5.75 Å². The van der Waals surface area contributed by atoms with Gasteiger partial charge < -0.3 is 15.5 Å². The monoisotopic (exact) mass is 271 g/mol. The average molecular weight is 272 g/mol. The number of hydrogen-bond donors (Lipinski definition) is 3. The first-order chi connectivity index (χ1) is 8.41. The van der Waals surface area contributed by atoms with Gasteiger partial charge in [-0.2, -0.15) is 0 Å². The number of phenolic OH excluding ortho intramolecular Hbond substituents is 1. The molecule has 1 unspecified atom stereocenters. The number of aromatic hydroxyl groups is 1. The van der Waals surface area contributed by atoms with Crippen LogP contribution >= 0.6 is 11.6 Å². The fourth-order valence-electron chi connectivity index (χ4n) is 1.89. The van der Waals surface area contributed by atoms with E-state index in [1.54, 1.807) is 12.1 Å². The summed E-state index contributed by atoms with van der Waals surface area (Å²) in [6.45, 7) is 6.66. The summed E-state index contributed by atoms with van der Waals surface area (Å²) in [6.07, 6.45) is 1.59. The van der Waals surface area contributed by atoms with Crippen molar-refractivity contribution in [2.75, 3.05) is 6.61 Å². The number of aryl methyl sites for hydroxylation is 1. The van der Waals surface area contributed by atoms with Crippen molar-refractivity contribution in [2.45, 2.75) is 45.7 Å². The van der Waals surface area contributed by atoms with Gasteiger partial charge in [-0.15, -0.1) is 0 Å². The smallest absolute Gasteiger partial charge is 0.123 e. The molecule has 1 rings (SSSR count). The summed E-state index contributed by atoms with van der Waals surface area (Å²) in [4.78, 5) is 0. The molecule has 1 aromatic rings. The first kappa shape index (κ1) is 15.3. The topological polar surface area (TPSA) is 52.5 Å². The van der Waals surface area contributed by atoms with Gasteiger partial charge in [0.2, 0.25) is 0 Å². The maximum absolute atomic E-state index is 9.97. The number of halogens is 1. The van der Waals surface area contributed by atoms with Crippen LogP contribution in [0.3, 0.4) is 0 Å². The van der Waals surface area contributed by atoms with Crippen LogP contribution in [-0.4, -0.2) is 22.4 Å². The second-order valence-electron chi connectivity index (χ2n) is 4.97. The van der Waals surface area contributed by atoms with E-state index in [-0.39, 0.29) is 17.9 Å². The number of hydrogen-bond acceptors (Lipinski definition) is 3. The summed E-state index contributed by atoms with van der Waals surface area (Å²) in [5, 5.41) is 23.0. The normalized spacial score (nSPS) is 14.5. The van der Waals surface area contributed by atoms with E-state index < -0.39 is 0 Å². The maximum Gasteiger partial charge on any atom is 0.123 e. The third-order valence-electron chi connectivity index (χ3n) is 3.49. The molecule has 1 aromatic carbocycles. The highest BCUT2D eigenvalue weighted by Gasteiger charge is 2.21. The minimum absolute atomic E-state index is 0.128. The molecule has 4 heteroatoms. The van der Waals surface area contributed by atoms with Gasteiger partial charge in [-0.3, -0.25) is 0 Å². The molecule has 0 amide bonds. The summed E-state index contributed by atoms with van der Waals surface area (Å²) in [6, 6.07) is 3.51. The zero-order valence-corrected chi connectivity index (χ0v) is 12.0. The summed E-state index contributed by atoms with van der Waals surface area (Å²) in [7, 11) is 0. The molecule has 102 valence electrons. The number of rotatable bonds is 6. The Hall–Kier alpha value is -0.770. The quantitative estimate of drug-likeness (QED) is 0.746. The summed E-state index contributed by atoms with van der Waals surface area (Å²) < 4.78 is 0. The Morgan fingerprint density at radius 2 is 2.06 bits per heavy atom. The van der Waals surface area contributed by atoms with Crippen LogP contribution in [0.15, 0.2) is 12.1 Å². The second kappa shape index (κ2) is 6.41. The zero-order valence-electron chi connectivity index (χ0n) is 11.3. The van der Waals surface area contributed by atoms with Gasteiger partial charge in [0.15, 0.2) is 0 Å². The molecule has 0 fully saturated rings. The first-order valence-electron chi connectivity index (χ1n) is 6.25. The van der Waals surface area contributed by atoms with Crippen LogP contribution in [-0.2, 0) is 6.54 Å². The fraction of sp³-hybridized carbons (Fsp3) is 0.571. The molecule has 0 aliphatic heterocycles. The van der Waals surface area contributed by atoms with Gasteiger partial charge in [0.25, 0.3) is 0 Å². The van der Waals surface area contributed by atoms with Gasteiger partial charge >= 0.3 is 0 Å².